The van der Waals surface area contributed by atoms with Crippen molar-refractivity contribution < 1.29 is 4.79 Å². The summed E-state index contributed by atoms with van der Waals surface area (Å²) >= 11 is 0. The molecular formula is C10H17NO. The van der Waals surface area contributed by atoms with Crippen molar-refractivity contribution in [3.8, 4) is 0 Å². The van der Waals surface area contributed by atoms with Crippen LogP contribution in [0.25, 0.3) is 0 Å². The van der Waals surface area contributed by atoms with Gasteiger partial charge < -0.3 is 0 Å². The van der Waals surface area contributed by atoms with Gasteiger partial charge in [-0.25, -0.2) is 0 Å². The molecule has 0 bridgehead atoms. The number of ketones is 1. The van der Waals surface area contributed by atoms with Gasteiger partial charge in [-0.1, -0.05) is 0 Å². The smallest absolute Gasteiger partial charge is 0.152 e. The SMILES string of the molecule is CC1(C)C(=O)CCCN1C1CC1. The third-order valence-corrected chi connectivity index (χ3v) is 3.19. The fourth-order valence-corrected chi connectivity index (χ4v) is 2.18. The van der Waals surface area contributed by atoms with Crippen LogP contribution < -0.4 is 0 Å². The van der Waals surface area contributed by atoms with Crippen LogP contribution in [0, 0.1) is 0 Å². The highest BCUT2D eigenvalue weighted by molar-refractivity contribution is 5.88. The largest absolute Gasteiger partial charge is 0.298 e. The number of piperidine rings is 1. The highest BCUT2D eigenvalue weighted by Crippen LogP contribution is 2.36. The maximum Gasteiger partial charge on any atom is 0.152 e. The first-order valence-electron chi connectivity index (χ1n) is 4.92. The van der Waals surface area contributed by atoms with Gasteiger partial charge in [0.25, 0.3) is 0 Å². The summed E-state index contributed by atoms with van der Waals surface area (Å²) in [5, 5.41) is 0. The Hall–Kier alpha value is -0.370. The van der Waals surface area contributed by atoms with Crippen LogP contribution in [0.5, 0.6) is 0 Å². The minimum Gasteiger partial charge on any atom is -0.298 e. The van der Waals surface area contributed by atoms with Crippen molar-refractivity contribution in [1.29, 1.82) is 0 Å². The summed E-state index contributed by atoms with van der Waals surface area (Å²) in [4.78, 5) is 14.0. The highest BCUT2D eigenvalue weighted by Gasteiger charge is 2.44. The van der Waals surface area contributed by atoms with Gasteiger partial charge >= 0.3 is 0 Å². The molecule has 1 aliphatic carbocycles. The van der Waals surface area contributed by atoms with Gasteiger partial charge in [-0.05, 0) is 39.7 Å². The molecule has 1 saturated heterocycles. The van der Waals surface area contributed by atoms with E-state index in [0.29, 0.717) is 5.78 Å². The molecule has 0 radical (unpaired) electrons. The number of hydrogen-bond acceptors (Lipinski definition) is 2. The minimum atomic E-state index is -0.167. The Bertz CT molecular complexity index is 206. The van der Waals surface area contributed by atoms with E-state index in [1.165, 1.54) is 12.8 Å². The van der Waals surface area contributed by atoms with Crippen LogP contribution in [-0.4, -0.2) is 28.8 Å². The average Bonchev–Trinajstić information content (AvgIpc) is 2.77. The van der Waals surface area contributed by atoms with Crippen LogP contribution in [0.3, 0.4) is 0 Å². The molecule has 0 aromatic carbocycles. The standard InChI is InChI=1S/C10H17NO/c1-10(2)9(12)4-3-7-11(10)8-5-6-8/h8H,3-7H2,1-2H3. The fourth-order valence-electron chi connectivity index (χ4n) is 2.18. The number of carbonyl (C=O) groups is 1. The average molecular weight is 167 g/mol. The summed E-state index contributed by atoms with van der Waals surface area (Å²) in [6, 6.07) is 0.726. The Labute approximate surface area is 73.9 Å². The first-order chi connectivity index (χ1) is 5.62. The topological polar surface area (TPSA) is 20.3 Å². The van der Waals surface area contributed by atoms with Crippen LogP contribution >= 0.6 is 0 Å². The van der Waals surface area contributed by atoms with E-state index in [2.05, 4.69) is 18.7 Å². The Morgan fingerprint density at radius 3 is 2.67 bits per heavy atom. The second-order valence-electron chi connectivity index (χ2n) is 4.51. The normalized spacial score (nSPS) is 30.7. The molecule has 2 rings (SSSR count). The quantitative estimate of drug-likeness (QED) is 0.591. The third-order valence-electron chi connectivity index (χ3n) is 3.19. The molecule has 1 heterocycles. The Morgan fingerprint density at radius 1 is 1.42 bits per heavy atom. The predicted molar refractivity (Wildman–Crippen MR) is 48.0 cm³/mol. The maximum absolute atomic E-state index is 11.6. The minimum absolute atomic E-state index is 0.167. The molecule has 1 saturated carbocycles. The molecule has 2 nitrogen and oxygen atoms in total. The number of hydrogen-bond donors (Lipinski definition) is 0. The molecule has 2 fully saturated rings. The summed E-state index contributed by atoms with van der Waals surface area (Å²) in [6.07, 6.45) is 4.46. The van der Waals surface area contributed by atoms with Gasteiger partial charge in [0.1, 0.15) is 0 Å². The molecular weight excluding hydrogens is 150 g/mol. The Morgan fingerprint density at radius 2 is 2.08 bits per heavy atom. The zero-order chi connectivity index (χ0) is 8.77. The molecule has 0 amide bonds. The molecule has 0 aromatic heterocycles. The molecule has 0 aromatic rings. The fraction of sp³-hybridized carbons (Fsp3) is 0.900. The van der Waals surface area contributed by atoms with Gasteiger partial charge in [0, 0.05) is 12.5 Å². The van der Waals surface area contributed by atoms with Crippen molar-refractivity contribution in [2.75, 3.05) is 6.54 Å². The Kier molecular flexibility index (Phi) is 1.76. The number of likely N-dealkylation sites (tertiary alicyclic amines) is 1. The van der Waals surface area contributed by atoms with Crippen LogP contribution in [-0.2, 0) is 4.79 Å². The van der Waals surface area contributed by atoms with Crippen molar-refractivity contribution in [1.82, 2.24) is 4.90 Å². The molecule has 0 unspecified atom stereocenters. The van der Waals surface area contributed by atoms with E-state index < -0.39 is 0 Å². The lowest BCUT2D eigenvalue weighted by molar-refractivity contribution is -0.133. The van der Waals surface area contributed by atoms with Crippen molar-refractivity contribution in [3.63, 3.8) is 0 Å². The lowest BCUT2D eigenvalue weighted by Gasteiger charge is -2.41. The first-order valence-corrected chi connectivity index (χ1v) is 4.92. The molecule has 0 spiro atoms. The first kappa shape index (κ1) is 8.24. The highest BCUT2D eigenvalue weighted by atomic mass is 16.1. The van der Waals surface area contributed by atoms with E-state index >= 15 is 0 Å². The number of Topliss-reactive ketones (excluding diaryl/α,β-unsaturated/α-hetero) is 1. The molecule has 2 aliphatic rings. The van der Waals surface area contributed by atoms with Gasteiger partial charge in [0.2, 0.25) is 0 Å². The van der Waals surface area contributed by atoms with Gasteiger partial charge in [0.15, 0.2) is 5.78 Å². The van der Waals surface area contributed by atoms with Crippen LogP contribution in [0.1, 0.15) is 39.5 Å². The lowest BCUT2D eigenvalue weighted by Crippen LogP contribution is -2.54. The summed E-state index contributed by atoms with van der Waals surface area (Å²) in [6.45, 7) is 5.28. The molecule has 1 aliphatic heterocycles. The van der Waals surface area contributed by atoms with Crippen molar-refractivity contribution in [2.24, 2.45) is 0 Å². The van der Waals surface area contributed by atoms with Crippen LogP contribution in [0.2, 0.25) is 0 Å². The van der Waals surface area contributed by atoms with Crippen molar-refractivity contribution >= 4 is 5.78 Å². The molecule has 0 atom stereocenters. The molecule has 0 N–H and O–H groups in total. The van der Waals surface area contributed by atoms with E-state index in [9.17, 15) is 4.79 Å². The molecule has 68 valence electrons. The third kappa shape index (κ3) is 1.18. The van der Waals surface area contributed by atoms with Gasteiger partial charge in [-0.3, -0.25) is 9.69 Å². The number of carbonyl (C=O) groups excluding carboxylic acids is 1. The molecule has 2 heteroatoms. The summed E-state index contributed by atoms with van der Waals surface area (Å²) < 4.78 is 0. The monoisotopic (exact) mass is 167 g/mol. The van der Waals surface area contributed by atoms with Crippen LogP contribution in [0.15, 0.2) is 0 Å². The second kappa shape index (κ2) is 2.56. The van der Waals surface area contributed by atoms with Gasteiger partial charge in [-0.2, -0.15) is 0 Å². The zero-order valence-corrected chi connectivity index (χ0v) is 7.97. The van der Waals surface area contributed by atoms with E-state index in [1.807, 2.05) is 0 Å². The van der Waals surface area contributed by atoms with Crippen molar-refractivity contribution in [2.45, 2.75) is 51.1 Å². The van der Waals surface area contributed by atoms with Gasteiger partial charge in [0.05, 0.1) is 5.54 Å². The number of nitrogens with zero attached hydrogens (tertiary/aromatic N) is 1. The summed E-state index contributed by atoms with van der Waals surface area (Å²) in [7, 11) is 0. The zero-order valence-electron chi connectivity index (χ0n) is 7.97. The van der Waals surface area contributed by atoms with E-state index in [4.69, 9.17) is 0 Å². The van der Waals surface area contributed by atoms with E-state index in [1.54, 1.807) is 0 Å². The van der Waals surface area contributed by atoms with E-state index in [0.717, 1.165) is 25.4 Å². The number of rotatable bonds is 1. The van der Waals surface area contributed by atoms with Gasteiger partial charge in [-0.15, -0.1) is 0 Å². The van der Waals surface area contributed by atoms with Crippen molar-refractivity contribution in [3.05, 3.63) is 0 Å². The van der Waals surface area contributed by atoms with Crippen LogP contribution in [0.4, 0.5) is 0 Å². The lowest BCUT2D eigenvalue weighted by atomic mass is 9.89. The summed E-state index contributed by atoms with van der Waals surface area (Å²) in [5.74, 6) is 0.431. The Balaban J connectivity index is 2.14. The maximum atomic E-state index is 11.6. The van der Waals surface area contributed by atoms with E-state index in [-0.39, 0.29) is 5.54 Å². The molecule has 12 heavy (non-hydrogen) atoms. The predicted octanol–water partition coefficient (Wildman–Crippen LogP) is 1.59. The second-order valence-corrected chi connectivity index (χ2v) is 4.51. The summed E-state index contributed by atoms with van der Waals surface area (Å²) in [5.41, 5.74) is -0.167.